The van der Waals surface area contributed by atoms with E-state index in [0.717, 1.165) is 16.9 Å². The SMILES string of the molecule is CCc1ccc(N2C(=O)c3ccc(C(=O)O)cc3C2=O)cc1. The van der Waals surface area contributed by atoms with Crippen molar-refractivity contribution in [3.8, 4) is 0 Å². The molecular weight excluding hydrogens is 282 g/mol. The Bertz CT molecular complexity index is 793. The van der Waals surface area contributed by atoms with Crippen LogP contribution in [-0.4, -0.2) is 22.9 Å². The van der Waals surface area contributed by atoms with Gasteiger partial charge in [0, 0.05) is 0 Å². The molecule has 0 fully saturated rings. The van der Waals surface area contributed by atoms with Gasteiger partial charge in [0.05, 0.1) is 22.4 Å². The van der Waals surface area contributed by atoms with Crippen LogP contribution >= 0.6 is 0 Å². The van der Waals surface area contributed by atoms with Gasteiger partial charge in [0.25, 0.3) is 11.8 Å². The summed E-state index contributed by atoms with van der Waals surface area (Å²) in [6.07, 6.45) is 0.865. The zero-order valence-electron chi connectivity index (χ0n) is 11.9. The molecule has 0 aromatic heterocycles. The molecule has 3 rings (SSSR count). The van der Waals surface area contributed by atoms with Crippen molar-refractivity contribution >= 4 is 23.5 Å². The molecule has 5 nitrogen and oxygen atoms in total. The van der Waals surface area contributed by atoms with Gasteiger partial charge < -0.3 is 5.11 Å². The fourth-order valence-electron chi connectivity index (χ4n) is 2.49. The highest BCUT2D eigenvalue weighted by Gasteiger charge is 2.37. The normalized spacial score (nSPS) is 13.4. The van der Waals surface area contributed by atoms with Crippen molar-refractivity contribution in [3.05, 3.63) is 64.7 Å². The minimum absolute atomic E-state index is 0.0110. The first-order chi connectivity index (χ1) is 10.5. The Morgan fingerprint density at radius 3 is 2.23 bits per heavy atom. The Labute approximate surface area is 126 Å². The van der Waals surface area contributed by atoms with Crippen LogP contribution in [0.1, 0.15) is 43.6 Å². The maximum absolute atomic E-state index is 12.4. The second-order valence-corrected chi connectivity index (χ2v) is 5.03. The van der Waals surface area contributed by atoms with Gasteiger partial charge >= 0.3 is 5.97 Å². The first-order valence-corrected chi connectivity index (χ1v) is 6.88. The van der Waals surface area contributed by atoms with Crippen LogP contribution in [0.15, 0.2) is 42.5 Å². The van der Waals surface area contributed by atoms with E-state index >= 15 is 0 Å². The Morgan fingerprint density at radius 1 is 1.00 bits per heavy atom. The van der Waals surface area contributed by atoms with Crippen LogP contribution in [-0.2, 0) is 6.42 Å². The number of benzene rings is 2. The molecule has 0 saturated heterocycles. The molecule has 0 aliphatic carbocycles. The standard InChI is InChI=1S/C17H13NO4/c1-2-10-3-6-12(7-4-10)18-15(19)13-8-5-11(17(21)22)9-14(13)16(18)20/h3-9H,2H2,1H3,(H,21,22). The van der Waals surface area contributed by atoms with Crippen LogP contribution in [0.25, 0.3) is 0 Å². The highest BCUT2D eigenvalue weighted by molar-refractivity contribution is 6.34. The minimum atomic E-state index is -1.13. The largest absolute Gasteiger partial charge is 0.478 e. The highest BCUT2D eigenvalue weighted by Crippen LogP contribution is 2.29. The number of carboxylic acid groups (broad SMARTS) is 1. The van der Waals surface area contributed by atoms with Gasteiger partial charge in [-0.15, -0.1) is 0 Å². The quantitative estimate of drug-likeness (QED) is 0.883. The average Bonchev–Trinajstić information content (AvgIpc) is 2.78. The van der Waals surface area contributed by atoms with E-state index in [4.69, 9.17) is 5.11 Å². The number of hydrogen-bond acceptors (Lipinski definition) is 3. The van der Waals surface area contributed by atoms with Crippen LogP contribution < -0.4 is 4.90 Å². The summed E-state index contributed by atoms with van der Waals surface area (Å²) in [6.45, 7) is 2.02. The zero-order valence-corrected chi connectivity index (χ0v) is 11.9. The lowest BCUT2D eigenvalue weighted by atomic mass is 10.1. The molecule has 2 aromatic rings. The van der Waals surface area contributed by atoms with E-state index in [1.54, 1.807) is 12.1 Å². The molecule has 0 bridgehead atoms. The van der Waals surface area contributed by atoms with E-state index in [2.05, 4.69) is 0 Å². The van der Waals surface area contributed by atoms with E-state index in [1.807, 2.05) is 19.1 Å². The maximum Gasteiger partial charge on any atom is 0.335 e. The third kappa shape index (κ3) is 2.07. The van der Waals surface area contributed by atoms with Crippen LogP contribution in [0.3, 0.4) is 0 Å². The number of carbonyl (C=O) groups excluding carboxylic acids is 2. The highest BCUT2D eigenvalue weighted by atomic mass is 16.4. The smallest absolute Gasteiger partial charge is 0.335 e. The molecule has 0 saturated carbocycles. The van der Waals surface area contributed by atoms with E-state index in [9.17, 15) is 14.4 Å². The Kier molecular flexibility index (Phi) is 3.25. The Morgan fingerprint density at radius 2 is 1.64 bits per heavy atom. The number of nitrogens with zero attached hydrogens (tertiary/aromatic N) is 1. The zero-order chi connectivity index (χ0) is 15.9. The number of hydrogen-bond donors (Lipinski definition) is 1. The maximum atomic E-state index is 12.4. The molecule has 0 radical (unpaired) electrons. The molecule has 0 unspecified atom stereocenters. The van der Waals surface area contributed by atoms with E-state index in [1.165, 1.54) is 18.2 Å². The number of carbonyl (C=O) groups is 3. The van der Waals surface area contributed by atoms with Crippen molar-refractivity contribution in [2.45, 2.75) is 13.3 Å². The molecule has 1 heterocycles. The number of carboxylic acids is 1. The van der Waals surface area contributed by atoms with E-state index < -0.39 is 17.8 Å². The summed E-state index contributed by atoms with van der Waals surface area (Å²) in [5.74, 6) is -2.05. The van der Waals surface area contributed by atoms with Gasteiger partial charge in [-0.1, -0.05) is 19.1 Å². The molecule has 22 heavy (non-hydrogen) atoms. The predicted octanol–water partition coefficient (Wildman–Crippen LogP) is 2.75. The lowest BCUT2D eigenvalue weighted by Crippen LogP contribution is -2.29. The summed E-state index contributed by atoms with van der Waals surface area (Å²) in [7, 11) is 0. The fraction of sp³-hybridized carbons (Fsp3) is 0.118. The van der Waals surface area contributed by atoms with Gasteiger partial charge in [-0.25, -0.2) is 9.69 Å². The number of rotatable bonds is 3. The van der Waals surface area contributed by atoms with Gasteiger partial charge in [-0.3, -0.25) is 9.59 Å². The third-order valence-electron chi connectivity index (χ3n) is 3.74. The number of aromatic carboxylic acids is 1. The van der Waals surface area contributed by atoms with E-state index in [-0.39, 0.29) is 16.7 Å². The van der Waals surface area contributed by atoms with E-state index in [0.29, 0.717) is 5.69 Å². The van der Waals surface area contributed by atoms with Crippen LogP contribution in [0.2, 0.25) is 0 Å². The topological polar surface area (TPSA) is 74.7 Å². The molecule has 110 valence electrons. The van der Waals surface area contributed by atoms with Gasteiger partial charge in [-0.2, -0.15) is 0 Å². The average molecular weight is 295 g/mol. The summed E-state index contributed by atoms with van der Waals surface area (Å²) in [6, 6.07) is 11.1. The second kappa shape index (κ2) is 5.11. The van der Waals surface area contributed by atoms with Gasteiger partial charge in [0.1, 0.15) is 0 Å². The summed E-state index contributed by atoms with van der Waals surface area (Å²) in [4.78, 5) is 36.9. The number of aryl methyl sites for hydroxylation is 1. The Hall–Kier alpha value is -2.95. The summed E-state index contributed by atoms with van der Waals surface area (Å²) >= 11 is 0. The number of amides is 2. The molecule has 2 aromatic carbocycles. The fourth-order valence-corrected chi connectivity index (χ4v) is 2.49. The van der Waals surface area contributed by atoms with Crippen molar-refractivity contribution in [2.24, 2.45) is 0 Å². The first kappa shape index (κ1) is 14.0. The number of anilines is 1. The second-order valence-electron chi connectivity index (χ2n) is 5.03. The molecule has 1 aliphatic rings. The molecule has 1 aliphatic heterocycles. The third-order valence-corrected chi connectivity index (χ3v) is 3.74. The molecule has 2 amide bonds. The molecule has 0 atom stereocenters. The molecule has 0 spiro atoms. The van der Waals surface area contributed by atoms with Crippen LogP contribution in [0, 0.1) is 0 Å². The van der Waals surface area contributed by atoms with Gasteiger partial charge in [-0.05, 0) is 42.3 Å². The van der Waals surface area contributed by atoms with Gasteiger partial charge in [0.15, 0.2) is 0 Å². The number of fused-ring (bicyclic) bond motifs is 1. The molecule has 5 heteroatoms. The Balaban J connectivity index is 2.03. The lowest BCUT2D eigenvalue weighted by molar-refractivity contribution is 0.0696. The molecule has 1 N–H and O–H groups in total. The summed E-state index contributed by atoms with van der Waals surface area (Å²) < 4.78 is 0. The van der Waals surface area contributed by atoms with Crippen molar-refractivity contribution in [3.63, 3.8) is 0 Å². The van der Waals surface area contributed by atoms with Crippen molar-refractivity contribution in [1.82, 2.24) is 0 Å². The minimum Gasteiger partial charge on any atom is -0.478 e. The summed E-state index contributed by atoms with van der Waals surface area (Å²) in [5.41, 5.74) is 1.94. The van der Waals surface area contributed by atoms with Crippen molar-refractivity contribution < 1.29 is 19.5 Å². The predicted molar refractivity (Wildman–Crippen MR) is 80.4 cm³/mol. The van der Waals surface area contributed by atoms with Crippen LogP contribution in [0.4, 0.5) is 5.69 Å². The van der Waals surface area contributed by atoms with Gasteiger partial charge in [0.2, 0.25) is 0 Å². The monoisotopic (exact) mass is 295 g/mol. The molecular formula is C17H13NO4. The van der Waals surface area contributed by atoms with Crippen molar-refractivity contribution in [1.29, 1.82) is 0 Å². The van der Waals surface area contributed by atoms with Crippen LogP contribution in [0.5, 0.6) is 0 Å². The number of imide groups is 1. The van der Waals surface area contributed by atoms with Crippen molar-refractivity contribution in [2.75, 3.05) is 4.90 Å². The summed E-state index contributed by atoms with van der Waals surface area (Å²) in [5, 5.41) is 9.00. The lowest BCUT2D eigenvalue weighted by Gasteiger charge is -2.14. The first-order valence-electron chi connectivity index (χ1n) is 6.88.